The highest BCUT2D eigenvalue weighted by atomic mass is 16.5. The second-order valence-electron chi connectivity index (χ2n) is 9.24. The molecule has 1 atom stereocenters. The van der Waals surface area contributed by atoms with Crippen LogP contribution in [0.3, 0.4) is 0 Å². The lowest BCUT2D eigenvalue weighted by Crippen LogP contribution is -2.15. The van der Waals surface area contributed by atoms with E-state index in [9.17, 15) is 0 Å². The second-order valence-corrected chi connectivity index (χ2v) is 9.24. The summed E-state index contributed by atoms with van der Waals surface area (Å²) in [5, 5.41) is 6.79. The van der Waals surface area contributed by atoms with E-state index in [0.29, 0.717) is 23.1 Å². The quantitative estimate of drug-likeness (QED) is 0.262. The minimum absolute atomic E-state index is 0.171. The average molecular weight is 517 g/mol. The molecule has 8 heteroatoms. The van der Waals surface area contributed by atoms with Crippen LogP contribution in [0.15, 0.2) is 91.3 Å². The zero-order valence-electron chi connectivity index (χ0n) is 21.4. The van der Waals surface area contributed by atoms with Crippen LogP contribution in [0.5, 0.6) is 28.9 Å². The van der Waals surface area contributed by atoms with E-state index < -0.39 is 0 Å². The second kappa shape index (κ2) is 9.33. The highest BCUT2D eigenvalue weighted by molar-refractivity contribution is 5.91. The number of rotatable bonds is 6. The molecule has 192 valence electrons. The molecule has 0 fully saturated rings. The summed E-state index contributed by atoms with van der Waals surface area (Å²) in [4.78, 5) is 9.55. The lowest BCUT2D eigenvalue weighted by atomic mass is 9.83. The minimum Gasteiger partial charge on any atom is -0.497 e. The zero-order chi connectivity index (χ0) is 26.3. The van der Waals surface area contributed by atoms with Gasteiger partial charge in [-0.1, -0.05) is 48.5 Å². The molecule has 0 unspecified atom stereocenters. The molecule has 1 aliphatic heterocycles. The van der Waals surface area contributed by atoms with Gasteiger partial charge in [0, 0.05) is 16.9 Å². The molecule has 0 aliphatic carbocycles. The Hall–Kier alpha value is -5.11. The van der Waals surface area contributed by atoms with Crippen molar-refractivity contribution < 1.29 is 18.9 Å². The van der Waals surface area contributed by atoms with Crippen molar-refractivity contribution in [3.8, 4) is 28.9 Å². The number of methoxy groups -OCH3 is 2. The standard InChI is InChI=1S/C31H24N4O4/c1-36-21-10-7-20(8-11-21)27-25-16-9-19-5-3-4-6-24(19)29(25)39-31-28(27)30-33-26(34-35(30)18-32-31)17-38-23-14-12-22(37-2)13-15-23/h3-16,18,27H,17H2,1-2H3/t27-/m0/s1. The van der Waals surface area contributed by atoms with Crippen molar-refractivity contribution in [2.45, 2.75) is 12.5 Å². The summed E-state index contributed by atoms with van der Waals surface area (Å²) in [6.07, 6.45) is 1.64. The number of benzene rings is 4. The summed E-state index contributed by atoms with van der Waals surface area (Å²) in [7, 11) is 3.30. The number of nitrogens with zero attached hydrogens (tertiary/aromatic N) is 4. The van der Waals surface area contributed by atoms with E-state index in [-0.39, 0.29) is 12.5 Å². The first-order valence-corrected chi connectivity index (χ1v) is 12.6. The Balaban J connectivity index is 1.34. The van der Waals surface area contributed by atoms with Gasteiger partial charge in [0.2, 0.25) is 5.88 Å². The SMILES string of the molecule is COc1ccc(OCc2nc3c4c(ncn3n2)Oc2c(ccc3ccccc23)[C@@H]4c2ccc(OC)cc2)cc1. The highest BCUT2D eigenvalue weighted by Crippen LogP contribution is 2.50. The Morgan fingerprint density at radius 1 is 0.821 bits per heavy atom. The molecule has 7 rings (SSSR count). The molecular weight excluding hydrogens is 492 g/mol. The molecule has 39 heavy (non-hydrogen) atoms. The molecule has 0 amide bonds. The van der Waals surface area contributed by atoms with Gasteiger partial charge in [-0.05, 0) is 47.3 Å². The highest BCUT2D eigenvalue weighted by Gasteiger charge is 2.34. The summed E-state index contributed by atoms with van der Waals surface area (Å²) in [6.45, 7) is 0.206. The fourth-order valence-electron chi connectivity index (χ4n) is 5.11. The third-order valence-electron chi connectivity index (χ3n) is 7.02. The van der Waals surface area contributed by atoms with Crippen molar-refractivity contribution in [2.75, 3.05) is 14.2 Å². The molecule has 2 aromatic heterocycles. The predicted octanol–water partition coefficient (Wildman–Crippen LogP) is 6.16. The van der Waals surface area contributed by atoms with Crippen LogP contribution >= 0.6 is 0 Å². The molecule has 1 aliphatic rings. The molecule has 0 radical (unpaired) electrons. The number of ether oxygens (including phenoxy) is 4. The average Bonchev–Trinajstić information content (AvgIpc) is 3.42. The molecule has 6 aromatic rings. The fraction of sp³-hybridized carbons (Fsp3) is 0.129. The molecule has 3 heterocycles. The van der Waals surface area contributed by atoms with Crippen LogP contribution in [0.2, 0.25) is 0 Å². The summed E-state index contributed by atoms with van der Waals surface area (Å²) in [6, 6.07) is 28.0. The van der Waals surface area contributed by atoms with Crippen molar-refractivity contribution in [1.82, 2.24) is 19.6 Å². The Morgan fingerprint density at radius 3 is 2.31 bits per heavy atom. The first kappa shape index (κ1) is 23.0. The molecule has 0 saturated heterocycles. The van der Waals surface area contributed by atoms with Crippen LogP contribution < -0.4 is 18.9 Å². The van der Waals surface area contributed by atoms with Gasteiger partial charge in [0.05, 0.1) is 19.8 Å². The smallest absolute Gasteiger partial charge is 0.228 e. The normalized spacial score (nSPS) is 13.9. The van der Waals surface area contributed by atoms with Gasteiger partial charge in [0.25, 0.3) is 0 Å². The van der Waals surface area contributed by atoms with Crippen LogP contribution in [0.1, 0.15) is 28.4 Å². The van der Waals surface area contributed by atoms with E-state index >= 15 is 0 Å². The Labute approximate surface area is 224 Å². The third kappa shape index (κ3) is 3.97. The molecule has 0 saturated carbocycles. The predicted molar refractivity (Wildman–Crippen MR) is 146 cm³/mol. The molecule has 0 N–H and O–H groups in total. The maximum atomic E-state index is 6.50. The van der Waals surface area contributed by atoms with Crippen LogP contribution in [0, 0.1) is 0 Å². The van der Waals surface area contributed by atoms with Gasteiger partial charge >= 0.3 is 0 Å². The number of aromatic nitrogens is 4. The van der Waals surface area contributed by atoms with E-state index in [1.807, 2.05) is 48.5 Å². The summed E-state index contributed by atoms with van der Waals surface area (Å²) >= 11 is 0. The van der Waals surface area contributed by atoms with Crippen molar-refractivity contribution >= 4 is 16.4 Å². The third-order valence-corrected chi connectivity index (χ3v) is 7.02. The van der Waals surface area contributed by atoms with Gasteiger partial charge in [-0.3, -0.25) is 0 Å². The first-order chi connectivity index (χ1) is 19.2. The van der Waals surface area contributed by atoms with Crippen molar-refractivity contribution in [3.63, 3.8) is 0 Å². The Morgan fingerprint density at radius 2 is 1.54 bits per heavy atom. The van der Waals surface area contributed by atoms with Crippen molar-refractivity contribution in [2.24, 2.45) is 0 Å². The van der Waals surface area contributed by atoms with E-state index in [4.69, 9.17) is 23.9 Å². The first-order valence-electron chi connectivity index (χ1n) is 12.6. The zero-order valence-corrected chi connectivity index (χ0v) is 21.4. The molecular formula is C31H24N4O4. The lowest BCUT2D eigenvalue weighted by molar-refractivity contribution is 0.295. The van der Waals surface area contributed by atoms with Gasteiger partial charge in [0.1, 0.15) is 35.9 Å². The van der Waals surface area contributed by atoms with Gasteiger partial charge in [-0.25, -0.2) is 14.5 Å². The summed E-state index contributed by atoms with van der Waals surface area (Å²) in [5.41, 5.74) is 3.65. The minimum atomic E-state index is -0.171. The lowest BCUT2D eigenvalue weighted by Gasteiger charge is -2.28. The van der Waals surface area contributed by atoms with Crippen LogP contribution in [-0.2, 0) is 6.61 Å². The van der Waals surface area contributed by atoms with E-state index in [2.05, 4.69) is 46.5 Å². The maximum Gasteiger partial charge on any atom is 0.228 e. The Kier molecular flexibility index (Phi) is 5.51. The van der Waals surface area contributed by atoms with Crippen LogP contribution in [0.4, 0.5) is 0 Å². The molecule has 4 aromatic carbocycles. The number of hydrogen-bond donors (Lipinski definition) is 0. The van der Waals surface area contributed by atoms with Crippen molar-refractivity contribution in [3.05, 3.63) is 114 Å². The van der Waals surface area contributed by atoms with Gasteiger partial charge in [-0.2, -0.15) is 0 Å². The number of fused-ring (bicyclic) bond motifs is 6. The van der Waals surface area contributed by atoms with E-state index in [0.717, 1.165) is 44.7 Å². The van der Waals surface area contributed by atoms with Crippen LogP contribution in [-0.4, -0.2) is 33.8 Å². The van der Waals surface area contributed by atoms with Gasteiger partial charge in [0.15, 0.2) is 11.5 Å². The summed E-state index contributed by atoms with van der Waals surface area (Å²) in [5.74, 6) is 3.96. The molecule has 0 bridgehead atoms. The molecule has 0 spiro atoms. The van der Waals surface area contributed by atoms with Gasteiger partial charge in [-0.15, -0.1) is 5.10 Å². The Bertz CT molecular complexity index is 1810. The van der Waals surface area contributed by atoms with E-state index in [1.54, 1.807) is 25.1 Å². The topological polar surface area (TPSA) is 80.0 Å². The molecule has 8 nitrogen and oxygen atoms in total. The van der Waals surface area contributed by atoms with E-state index in [1.165, 1.54) is 0 Å². The van der Waals surface area contributed by atoms with Crippen molar-refractivity contribution in [1.29, 1.82) is 0 Å². The number of hydrogen-bond acceptors (Lipinski definition) is 7. The summed E-state index contributed by atoms with van der Waals surface area (Å²) < 4.78 is 24.8. The monoisotopic (exact) mass is 516 g/mol. The van der Waals surface area contributed by atoms with Crippen LogP contribution in [0.25, 0.3) is 16.4 Å². The largest absolute Gasteiger partial charge is 0.497 e. The fourth-order valence-corrected chi connectivity index (χ4v) is 5.11. The van der Waals surface area contributed by atoms with Gasteiger partial charge < -0.3 is 18.9 Å². The maximum absolute atomic E-state index is 6.50.